The van der Waals surface area contributed by atoms with Gasteiger partial charge in [-0.1, -0.05) is 31.2 Å². The highest BCUT2D eigenvalue weighted by atomic mass is 16.7. The minimum Gasteiger partial charge on any atom is -0.477 e. The molecule has 0 bridgehead atoms. The summed E-state index contributed by atoms with van der Waals surface area (Å²) in [6.45, 7) is 6.75. The normalized spacial score (nSPS) is 20.7. The molecule has 0 amide bonds. The smallest absolute Gasteiger partial charge is 0.364 e. The Labute approximate surface area is 182 Å². The van der Waals surface area contributed by atoms with E-state index in [2.05, 4.69) is 12.1 Å². The third-order valence-corrected chi connectivity index (χ3v) is 5.06. The van der Waals surface area contributed by atoms with Crippen molar-refractivity contribution in [3.63, 3.8) is 0 Å². The fraction of sp³-hybridized carbons (Fsp3) is 0.375. The number of carboxylic acid groups (broad SMARTS) is 1. The first-order valence-electron chi connectivity index (χ1n) is 10.4. The number of para-hydroxylation sites is 1. The van der Waals surface area contributed by atoms with E-state index in [1.54, 1.807) is 0 Å². The van der Waals surface area contributed by atoms with Crippen LogP contribution in [0.25, 0.3) is 5.70 Å². The maximum atomic E-state index is 11.1. The molecule has 2 aromatic rings. The molecular formula is C24H29NO6. The third kappa shape index (κ3) is 6.82. The van der Waals surface area contributed by atoms with Gasteiger partial charge in [0.05, 0.1) is 25.5 Å². The number of hydrogen-bond acceptors (Lipinski definition) is 6. The van der Waals surface area contributed by atoms with Crippen molar-refractivity contribution in [2.75, 3.05) is 19.8 Å². The lowest BCUT2D eigenvalue weighted by Crippen LogP contribution is -2.47. The SMILES string of the molecule is C=C(NOCCCCC1COC(C)(C(=O)O)OC1)c1ccc(Oc2ccccc2)cc1. The fourth-order valence-corrected chi connectivity index (χ4v) is 3.09. The van der Waals surface area contributed by atoms with Crippen molar-refractivity contribution >= 4 is 11.7 Å². The van der Waals surface area contributed by atoms with E-state index in [0.29, 0.717) is 25.5 Å². The van der Waals surface area contributed by atoms with E-state index in [1.807, 2.05) is 54.6 Å². The predicted octanol–water partition coefficient (Wildman–Crippen LogP) is 4.60. The summed E-state index contributed by atoms with van der Waals surface area (Å²) in [6, 6.07) is 17.2. The van der Waals surface area contributed by atoms with Crippen molar-refractivity contribution in [3.8, 4) is 11.5 Å². The van der Waals surface area contributed by atoms with Crippen LogP contribution in [0.2, 0.25) is 0 Å². The number of carbonyl (C=O) groups is 1. The zero-order valence-electron chi connectivity index (χ0n) is 17.7. The molecule has 0 saturated carbocycles. The van der Waals surface area contributed by atoms with E-state index >= 15 is 0 Å². The Balaban J connectivity index is 1.29. The third-order valence-electron chi connectivity index (χ3n) is 5.06. The van der Waals surface area contributed by atoms with Gasteiger partial charge in [0.2, 0.25) is 0 Å². The lowest BCUT2D eigenvalue weighted by atomic mass is 10.0. The van der Waals surface area contributed by atoms with Crippen LogP contribution in [0.3, 0.4) is 0 Å². The monoisotopic (exact) mass is 427 g/mol. The van der Waals surface area contributed by atoms with Gasteiger partial charge in [0, 0.05) is 12.8 Å². The first-order valence-corrected chi connectivity index (χ1v) is 10.4. The summed E-state index contributed by atoms with van der Waals surface area (Å²) in [5.74, 6) is -0.868. The van der Waals surface area contributed by atoms with E-state index in [9.17, 15) is 4.79 Å². The highest BCUT2D eigenvalue weighted by molar-refractivity contribution is 5.75. The second-order valence-electron chi connectivity index (χ2n) is 7.60. The van der Waals surface area contributed by atoms with Crippen LogP contribution in [0.5, 0.6) is 11.5 Å². The van der Waals surface area contributed by atoms with Crippen LogP contribution in [-0.2, 0) is 19.1 Å². The Morgan fingerprint density at radius 2 is 1.74 bits per heavy atom. The van der Waals surface area contributed by atoms with Gasteiger partial charge in [-0.25, -0.2) is 4.79 Å². The van der Waals surface area contributed by atoms with E-state index in [1.165, 1.54) is 6.92 Å². The molecule has 3 rings (SSSR count). The summed E-state index contributed by atoms with van der Waals surface area (Å²) in [5, 5.41) is 9.07. The summed E-state index contributed by atoms with van der Waals surface area (Å²) >= 11 is 0. The molecule has 7 nitrogen and oxygen atoms in total. The van der Waals surface area contributed by atoms with Crippen molar-refractivity contribution in [1.29, 1.82) is 0 Å². The van der Waals surface area contributed by atoms with Gasteiger partial charge in [-0.3, -0.25) is 10.3 Å². The van der Waals surface area contributed by atoms with Crippen LogP contribution in [0.15, 0.2) is 61.2 Å². The number of benzene rings is 2. The molecule has 0 aromatic heterocycles. The lowest BCUT2D eigenvalue weighted by molar-refractivity contribution is -0.271. The molecule has 7 heteroatoms. The Bertz CT molecular complexity index is 844. The number of hydroxylamine groups is 1. The molecule has 2 N–H and O–H groups in total. The number of nitrogens with one attached hydrogen (secondary N) is 1. The molecule has 1 aliphatic rings. The Hall–Kier alpha value is -2.87. The molecule has 1 fully saturated rings. The minimum absolute atomic E-state index is 0.201. The topological polar surface area (TPSA) is 86.3 Å². The Morgan fingerprint density at radius 1 is 1.10 bits per heavy atom. The van der Waals surface area contributed by atoms with Crippen molar-refractivity contribution in [2.45, 2.75) is 32.0 Å². The first kappa shape index (κ1) is 22.8. The molecular weight excluding hydrogens is 398 g/mol. The van der Waals surface area contributed by atoms with Crippen LogP contribution < -0.4 is 10.2 Å². The molecule has 0 spiro atoms. The van der Waals surface area contributed by atoms with Crippen LogP contribution in [0.4, 0.5) is 0 Å². The Kier molecular flexibility index (Phi) is 8.06. The van der Waals surface area contributed by atoms with Gasteiger partial charge in [-0.05, 0) is 54.8 Å². The van der Waals surface area contributed by atoms with Crippen molar-refractivity contribution < 1.29 is 28.9 Å². The molecule has 0 aliphatic carbocycles. The van der Waals surface area contributed by atoms with E-state index in [4.69, 9.17) is 24.2 Å². The van der Waals surface area contributed by atoms with Crippen LogP contribution in [0.1, 0.15) is 31.7 Å². The minimum atomic E-state index is -1.52. The van der Waals surface area contributed by atoms with Crippen molar-refractivity contribution in [3.05, 3.63) is 66.7 Å². The van der Waals surface area contributed by atoms with E-state index < -0.39 is 11.8 Å². The van der Waals surface area contributed by atoms with Crippen LogP contribution >= 0.6 is 0 Å². The van der Waals surface area contributed by atoms with Gasteiger partial charge in [-0.2, -0.15) is 0 Å². The maximum Gasteiger partial charge on any atom is 0.364 e. The number of carboxylic acids is 1. The van der Waals surface area contributed by atoms with Gasteiger partial charge in [0.15, 0.2) is 0 Å². The highest BCUT2D eigenvalue weighted by Gasteiger charge is 2.40. The molecule has 1 saturated heterocycles. The molecule has 0 radical (unpaired) electrons. The van der Waals surface area contributed by atoms with Gasteiger partial charge in [0.1, 0.15) is 11.5 Å². The summed E-state index contributed by atoms with van der Waals surface area (Å²) in [4.78, 5) is 16.6. The number of aliphatic carboxylic acids is 1. The summed E-state index contributed by atoms with van der Waals surface area (Å²) in [5.41, 5.74) is 4.47. The molecule has 1 heterocycles. The highest BCUT2D eigenvalue weighted by Crippen LogP contribution is 2.25. The van der Waals surface area contributed by atoms with Crippen molar-refractivity contribution in [1.82, 2.24) is 5.48 Å². The van der Waals surface area contributed by atoms with Gasteiger partial charge >= 0.3 is 5.97 Å². The molecule has 31 heavy (non-hydrogen) atoms. The number of hydrogen-bond donors (Lipinski definition) is 2. The number of ether oxygens (including phenoxy) is 3. The zero-order chi connectivity index (χ0) is 22.1. The fourth-order valence-electron chi connectivity index (χ4n) is 3.09. The second kappa shape index (κ2) is 10.9. The van der Waals surface area contributed by atoms with E-state index in [-0.39, 0.29) is 5.92 Å². The van der Waals surface area contributed by atoms with Crippen LogP contribution in [-0.4, -0.2) is 36.7 Å². The molecule has 1 aliphatic heterocycles. The van der Waals surface area contributed by atoms with Crippen molar-refractivity contribution in [2.24, 2.45) is 5.92 Å². The van der Waals surface area contributed by atoms with Gasteiger partial charge < -0.3 is 19.3 Å². The molecule has 0 unspecified atom stereocenters. The zero-order valence-corrected chi connectivity index (χ0v) is 17.7. The number of unbranched alkanes of at least 4 members (excludes halogenated alkanes) is 1. The quantitative estimate of drug-likeness (QED) is 0.400. The van der Waals surface area contributed by atoms with Gasteiger partial charge in [0.25, 0.3) is 5.79 Å². The van der Waals surface area contributed by atoms with Gasteiger partial charge in [-0.15, -0.1) is 0 Å². The average molecular weight is 427 g/mol. The lowest BCUT2D eigenvalue weighted by Gasteiger charge is -2.34. The molecule has 0 atom stereocenters. The number of rotatable bonds is 11. The molecule has 166 valence electrons. The summed E-state index contributed by atoms with van der Waals surface area (Å²) in [7, 11) is 0. The first-order chi connectivity index (χ1) is 15.0. The standard InChI is InChI=1S/C24H29NO6/c1-18(20-11-13-22(14-12-20)31-21-9-4-3-5-10-21)25-30-15-7-6-8-19-16-28-24(2,23(26)27)29-17-19/h3-5,9-14,19,25H,1,6-8,15-17H2,2H3,(H,26,27). The van der Waals surface area contributed by atoms with E-state index in [0.717, 1.165) is 36.3 Å². The summed E-state index contributed by atoms with van der Waals surface area (Å²) < 4.78 is 16.5. The maximum absolute atomic E-state index is 11.1. The predicted molar refractivity (Wildman–Crippen MR) is 116 cm³/mol. The second-order valence-corrected chi connectivity index (χ2v) is 7.60. The largest absolute Gasteiger partial charge is 0.477 e. The summed E-state index contributed by atoms with van der Waals surface area (Å²) in [6.07, 6.45) is 2.68. The van der Waals surface area contributed by atoms with Crippen LogP contribution in [0, 0.1) is 5.92 Å². The Morgan fingerprint density at radius 3 is 2.39 bits per heavy atom. The molecule has 2 aromatic carbocycles. The average Bonchev–Trinajstić information content (AvgIpc) is 2.78.